The zero-order valence-corrected chi connectivity index (χ0v) is 7.60. The van der Waals surface area contributed by atoms with Crippen LogP contribution < -0.4 is 10.9 Å². The van der Waals surface area contributed by atoms with E-state index in [0.717, 1.165) is 6.07 Å². The monoisotopic (exact) mass is 238 g/mol. The molecule has 1 aromatic carbocycles. The Morgan fingerprint density at radius 1 is 1.31 bits per heavy atom. The summed E-state index contributed by atoms with van der Waals surface area (Å²) in [5.41, 5.74) is 1.92. The van der Waals surface area contributed by atoms with Gasteiger partial charge in [0.2, 0.25) is 0 Å². The summed E-state index contributed by atoms with van der Waals surface area (Å²) in [5, 5.41) is 8.19. The molecule has 0 bridgehead atoms. The number of hydrogen-bond donors (Lipinski definition) is 3. The molecule has 0 atom stereocenters. The minimum absolute atomic E-state index is 0.212. The zero-order valence-electron chi connectivity index (χ0n) is 7.60. The van der Waals surface area contributed by atoms with Crippen LogP contribution >= 0.6 is 0 Å². The van der Waals surface area contributed by atoms with Gasteiger partial charge in [0.15, 0.2) is 0 Å². The van der Waals surface area contributed by atoms with Gasteiger partial charge in [-0.15, -0.1) is 0 Å². The molecule has 0 aromatic heterocycles. The summed E-state index contributed by atoms with van der Waals surface area (Å²) < 4.78 is 49.4. The van der Waals surface area contributed by atoms with Crippen LogP contribution in [0.4, 0.5) is 28.0 Å². The second-order valence-electron chi connectivity index (χ2n) is 2.75. The number of alkyl halides is 3. The largest absolute Gasteiger partial charge is 0.464 e. The molecule has 1 rings (SSSR count). The molecule has 1 amide bonds. The average molecular weight is 238 g/mol. The fourth-order valence-electron chi connectivity index (χ4n) is 0.946. The lowest BCUT2D eigenvalue weighted by molar-refractivity contribution is -0.139. The number of amides is 1. The minimum Gasteiger partial charge on any atom is -0.464 e. The Hall–Kier alpha value is -1.99. The predicted octanol–water partition coefficient (Wildman–Crippen LogP) is 2.44. The third kappa shape index (κ3) is 3.01. The molecule has 0 aliphatic rings. The highest BCUT2D eigenvalue weighted by Gasteiger charge is 2.34. The molecule has 0 saturated heterocycles. The Morgan fingerprint density at radius 2 is 1.94 bits per heavy atom. The number of rotatable bonds is 2. The number of anilines is 1. The maximum Gasteiger partial charge on any atom is 0.423 e. The van der Waals surface area contributed by atoms with Crippen LogP contribution in [0.2, 0.25) is 0 Å². The molecule has 4 nitrogen and oxygen atoms in total. The topological polar surface area (TPSA) is 61.4 Å². The summed E-state index contributed by atoms with van der Waals surface area (Å²) in [6.07, 6.45) is -6.30. The van der Waals surface area contributed by atoms with Gasteiger partial charge in [-0.2, -0.15) is 13.2 Å². The highest BCUT2D eigenvalue weighted by molar-refractivity contribution is 5.67. The van der Waals surface area contributed by atoms with E-state index in [4.69, 9.17) is 5.11 Å². The molecule has 0 saturated carbocycles. The van der Waals surface area contributed by atoms with Gasteiger partial charge in [0.05, 0.1) is 11.3 Å². The smallest absolute Gasteiger partial charge is 0.423 e. The molecule has 0 radical (unpaired) electrons. The first-order valence-corrected chi connectivity index (χ1v) is 3.92. The third-order valence-electron chi connectivity index (χ3n) is 1.59. The van der Waals surface area contributed by atoms with Gasteiger partial charge in [0.25, 0.3) is 0 Å². The summed E-state index contributed by atoms with van der Waals surface area (Å²) in [5.74, 6) is -1.42. The Balaban J connectivity index is 2.94. The maximum absolute atomic E-state index is 12.8. The fraction of sp³-hybridized carbons (Fsp3) is 0.125. The van der Waals surface area contributed by atoms with E-state index in [1.54, 1.807) is 5.43 Å². The molecule has 8 heteroatoms. The van der Waals surface area contributed by atoms with E-state index < -0.39 is 23.7 Å². The van der Waals surface area contributed by atoms with Crippen molar-refractivity contribution in [2.24, 2.45) is 0 Å². The standard InChI is InChI=1S/C8H6F4N2O2/c9-6-2-1-4(13-14-7(15)16)3-5(6)8(10,11)12/h1-3,13-14H,(H,15,16). The Morgan fingerprint density at radius 3 is 2.44 bits per heavy atom. The second-order valence-corrected chi connectivity index (χ2v) is 2.75. The van der Waals surface area contributed by atoms with E-state index in [0.29, 0.717) is 12.1 Å². The highest BCUT2D eigenvalue weighted by Crippen LogP contribution is 2.32. The Bertz CT molecular complexity index is 406. The van der Waals surface area contributed by atoms with Crippen LogP contribution in [0.1, 0.15) is 5.56 Å². The molecule has 0 unspecified atom stereocenters. The lowest BCUT2D eigenvalue weighted by Gasteiger charge is -2.11. The van der Waals surface area contributed by atoms with Crippen molar-refractivity contribution < 1.29 is 27.5 Å². The normalized spacial score (nSPS) is 11.0. The first kappa shape index (κ1) is 12.1. The minimum atomic E-state index is -4.83. The van der Waals surface area contributed by atoms with Crippen LogP contribution in [0.25, 0.3) is 0 Å². The Kier molecular flexibility index (Phi) is 3.21. The van der Waals surface area contributed by atoms with Crippen LogP contribution in [0.3, 0.4) is 0 Å². The number of hydrazine groups is 1. The van der Waals surface area contributed by atoms with E-state index in [1.807, 2.05) is 5.43 Å². The first-order chi connectivity index (χ1) is 7.30. The summed E-state index contributed by atoms with van der Waals surface area (Å²) in [6, 6.07) is 2.03. The second kappa shape index (κ2) is 4.25. The highest BCUT2D eigenvalue weighted by atomic mass is 19.4. The maximum atomic E-state index is 12.8. The molecular weight excluding hydrogens is 232 g/mol. The van der Waals surface area contributed by atoms with Gasteiger partial charge in [-0.3, -0.25) is 5.43 Å². The number of carboxylic acid groups (broad SMARTS) is 1. The average Bonchev–Trinajstić information content (AvgIpc) is 2.14. The van der Waals surface area contributed by atoms with Crippen molar-refractivity contribution in [3.05, 3.63) is 29.6 Å². The molecule has 1 aromatic rings. The van der Waals surface area contributed by atoms with Gasteiger partial charge in [0, 0.05) is 0 Å². The van der Waals surface area contributed by atoms with E-state index >= 15 is 0 Å². The van der Waals surface area contributed by atoms with Gasteiger partial charge in [-0.1, -0.05) is 0 Å². The molecule has 0 aliphatic heterocycles. The molecule has 0 heterocycles. The number of halogens is 4. The molecule has 3 N–H and O–H groups in total. The van der Waals surface area contributed by atoms with Crippen molar-refractivity contribution in [1.29, 1.82) is 0 Å². The van der Waals surface area contributed by atoms with Gasteiger partial charge >= 0.3 is 12.3 Å². The molecule has 0 spiro atoms. The van der Waals surface area contributed by atoms with Crippen LogP contribution in [0.15, 0.2) is 18.2 Å². The van der Waals surface area contributed by atoms with Gasteiger partial charge < -0.3 is 5.11 Å². The van der Waals surface area contributed by atoms with E-state index in [9.17, 15) is 22.4 Å². The van der Waals surface area contributed by atoms with Gasteiger partial charge in [0.1, 0.15) is 5.82 Å². The number of nitrogens with one attached hydrogen (secondary N) is 2. The summed E-state index contributed by atoms with van der Waals surface area (Å²) >= 11 is 0. The van der Waals surface area contributed by atoms with Crippen molar-refractivity contribution in [2.75, 3.05) is 5.43 Å². The van der Waals surface area contributed by atoms with E-state index in [1.165, 1.54) is 0 Å². The SMILES string of the molecule is O=C(O)NNc1ccc(F)c(C(F)(F)F)c1. The van der Waals surface area contributed by atoms with Crippen LogP contribution in [-0.2, 0) is 6.18 Å². The third-order valence-corrected chi connectivity index (χ3v) is 1.59. The number of benzene rings is 1. The quantitative estimate of drug-likeness (QED) is 0.547. The van der Waals surface area contributed by atoms with Crippen molar-refractivity contribution in [3.63, 3.8) is 0 Å². The van der Waals surface area contributed by atoms with Crippen LogP contribution in [0, 0.1) is 5.82 Å². The van der Waals surface area contributed by atoms with Gasteiger partial charge in [-0.25, -0.2) is 14.6 Å². The molecule has 0 fully saturated rings. The number of hydrogen-bond acceptors (Lipinski definition) is 2. The molecule has 88 valence electrons. The van der Waals surface area contributed by atoms with Crippen molar-refractivity contribution >= 4 is 11.8 Å². The van der Waals surface area contributed by atoms with Crippen molar-refractivity contribution in [2.45, 2.75) is 6.18 Å². The molecule has 16 heavy (non-hydrogen) atoms. The Labute approximate surface area is 86.8 Å². The molecular formula is C8H6F4N2O2. The fourth-order valence-corrected chi connectivity index (χ4v) is 0.946. The van der Waals surface area contributed by atoms with Crippen LogP contribution in [0.5, 0.6) is 0 Å². The predicted molar refractivity (Wildman–Crippen MR) is 46.2 cm³/mol. The van der Waals surface area contributed by atoms with Gasteiger partial charge in [-0.05, 0) is 18.2 Å². The van der Waals surface area contributed by atoms with Crippen molar-refractivity contribution in [1.82, 2.24) is 5.43 Å². The summed E-state index contributed by atoms with van der Waals surface area (Å²) in [4.78, 5) is 10.1. The lowest BCUT2D eigenvalue weighted by atomic mass is 10.2. The van der Waals surface area contributed by atoms with E-state index in [2.05, 4.69) is 0 Å². The van der Waals surface area contributed by atoms with E-state index in [-0.39, 0.29) is 5.69 Å². The summed E-state index contributed by atoms with van der Waals surface area (Å²) in [6.45, 7) is 0. The lowest BCUT2D eigenvalue weighted by Crippen LogP contribution is -2.27. The van der Waals surface area contributed by atoms with Crippen LogP contribution in [-0.4, -0.2) is 11.2 Å². The zero-order chi connectivity index (χ0) is 12.3. The first-order valence-electron chi connectivity index (χ1n) is 3.92. The number of carbonyl (C=O) groups is 1. The molecule has 0 aliphatic carbocycles. The summed E-state index contributed by atoms with van der Waals surface area (Å²) in [7, 11) is 0. The van der Waals surface area contributed by atoms with Crippen molar-refractivity contribution in [3.8, 4) is 0 Å².